The molecule has 3 aromatic heterocycles. The second-order valence-electron chi connectivity index (χ2n) is 6.27. The van der Waals surface area contributed by atoms with Crippen molar-refractivity contribution in [2.24, 2.45) is 0 Å². The van der Waals surface area contributed by atoms with Crippen molar-refractivity contribution in [2.45, 2.75) is 32.6 Å². The highest BCUT2D eigenvalue weighted by Crippen LogP contribution is 2.33. The predicted octanol–water partition coefficient (Wildman–Crippen LogP) is 3.32. The Morgan fingerprint density at radius 1 is 1.33 bits per heavy atom. The van der Waals surface area contributed by atoms with E-state index in [4.69, 9.17) is 9.72 Å². The van der Waals surface area contributed by atoms with Crippen molar-refractivity contribution in [1.82, 2.24) is 14.9 Å². The van der Waals surface area contributed by atoms with E-state index in [-0.39, 0.29) is 17.8 Å². The maximum Gasteiger partial charge on any atom is 0.260 e. The highest BCUT2D eigenvalue weighted by Gasteiger charge is 2.23. The zero-order chi connectivity index (χ0) is 16.7. The summed E-state index contributed by atoms with van der Waals surface area (Å²) in [6.07, 6.45) is 0.410. The molecular weight excluding hydrogens is 342 g/mol. The molecule has 126 valence electrons. The average molecular weight is 361 g/mol. The fourth-order valence-corrected chi connectivity index (χ4v) is 5.09. The molecule has 24 heavy (non-hydrogen) atoms. The van der Waals surface area contributed by atoms with E-state index in [2.05, 4.69) is 23.7 Å². The lowest BCUT2D eigenvalue weighted by molar-refractivity contribution is -0.0710. The van der Waals surface area contributed by atoms with E-state index in [0.29, 0.717) is 11.9 Å². The van der Waals surface area contributed by atoms with Crippen LogP contribution in [0.2, 0.25) is 0 Å². The van der Waals surface area contributed by atoms with Crippen LogP contribution in [-0.4, -0.2) is 40.2 Å². The Bertz CT molecular complexity index is 890. The number of ether oxygens (including phenoxy) is 1. The van der Waals surface area contributed by atoms with Crippen LogP contribution in [0.1, 0.15) is 19.7 Å². The molecule has 3 aromatic rings. The number of morpholine rings is 1. The predicted molar refractivity (Wildman–Crippen MR) is 98.8 cm³/mol. The van der Waals surface area contributed by atoms with Gasteiger partial charge in [-0.2, -0.15) is 0 Å². The number of nitrogens with one attached hydrogen (secondary N) is 1. The first-order chi connectivity index (χ1) is 11.6. The van der Waals surface area contributed by atoms with Crippen LogP contribution in [0.5, 0.6) is 0 Å². The lowest BCUT2D eigenvalue weighted by Crippen LogP contribution is -2.45. The van der Waals surface area contributed by atoms with E-state index in [9.17, 15) is 4.79 Å². The number of hydrogen-bond donors (Lipinski definition) is 1. The topological polar surface area (TPSA) is 58.2 Å². The van der Waals surface area contributed by atoms with Gasteiger partial charge in [-0.05, 0) is 25.3 Å². The molecule has 0 aliphatic carbocycles. The van der Waals surface area contributed by atoms with Gasteiger partial charge in [0.05, 0.1) is 24.1 Å². The second kappa shape index (κ2) is 6.40. The van der Waals surface area contributed by atoms with Gasteiger partial charge in [0.25, 0.3) is 5.56 Å². The van der Waals surface area contributed by atoms with Crippen LogP contribution in [0.3, 0.4) is 0 Å². The van der Waals surface area contributed by atoms with E-state index >= 15 is 0 Å². The van der Waals surface area contributed by atoms with Crippen molar-refractivity contribution >= 4 is 32.9 Å². The minimum absolute atomic E-state index is 0.0472. The number of aromatic nitrogens is 2. The van der Waals surface area contributed by atoms with Gasteiger partial charge in [0.2, 0.25) is 0 Å². The van der Waals surface area contributed by atoms with Crippen LogP contribution < -0.4 is 5.56 Å². The normalized spacial score (nSPS) is 22.2. The fraction of sp³-hybridized carbons (Fsp3) is 0.412. The molecule has 7 heteroatoms. The summed E-state index contributed by atoms with van der Waals surface area (Å²) in [5, 5.41) is 4.76. The Labute approximate surface area is 147 Å². The molecule has 4 rings (SSSR count). The first-order valence-electron chi connectivity index (χ1n) is 8.02. The third-order valence-corrected chi connectivity index (χ3v) is 5.92. The monoisotopic (exact) mass is 361 g/mol. The molecule has 1 saturated heterocycles. The van der Waals surface area contributed by atoms with Crippen molar-refractivity contribution in [3.8, 4) is 10.4 Å². The van der Waals surface area contributed by atoms with Crippen LogP contribution in [-0.2, 0) is 11.3 Å². The van der Waals surface area contributed by atoms with E-state index in [1.54, 1.807) is 11.3 Å². The van der Waals surface area contributed by atoms with Crippen molar-refractivity contribution in [1.29, 1.82) is 0 Å². The van der Waals surface area contributed by atoms with E-state index < -0.39 is 0 Å². The van der Waals surface area contributed by atoms with Gasteiger partial charge in [-0.3, -0.25) is 9.69 Å². The van der Waals surface area contributed by atoms with Gasteiger partial charge in [-0.15, -0.1) is 22.7 Å². The molecule has 1 aliphatic rings. The molecule has 0 bridgehead atoms. The summed E-state index contributed by atoms with van der Waals surface area (Å²) in [6, 6.07) is 4.04. The summed E-state index contributed by atoms with van der Waals surface area (Å²) in [7, 11) is 0. The Balaban J connectivity index is 1.65. The summed E-state index contributed by atoms with van der Waals surface area (Å²) in [5.41, 5.74) is 0.938. The first kappa shape index (κ1) is 16.0. The number of hydrogen-bond acceptors (Lipinski definition) is 6. The van der Waals surface area contributed by atoms with E-state index in [1.807, 2.05) is 22.9 Å². The highest BCUT2D eigenvalue weighted by atomic mass is 32.1. The summed E-state index contributed by atoms with van der Waals surface area (Å²) in [5.74, 6) is 0.730. The Morgan fingerprint density at radius 3 is 2.83 bits per heavy atom. The molecular formula is C17H19N3O2S2. The average Bonchev–Trinajstić information content (AvgIpc) is 3.14. The fourth-order valence-electron chi connectivity index (χ4n) is 3.31. The van der Waals surface area contributed by atoms with Gasteiger partial charge in [0.1, 0.15) is 10.7 Å². The molecule has 0 aromatic carbocycles. The number of thiophene rings is 2. The third-order valence-electron chi connectivity index (χ3n) is 4.15. The van der Waals surface area contributed by atoms with Crippen molar-refractivity contribution in [2.75, 3.05) is 13.1 Å². The summed E-state index contributed by atoms with van der Waals surface area (Å²) in [6.45, 7) is 6.52. The minimum Gasteiger partial charge on any atom is -0.373 e. The highest BCUT2D eigenvalue weighted by molar-refractivity contribution is 7.18. The molecule has 0 amide bonds. The number of rotatable bonds is 3. The van der Waals surface area contributed by atoms with Crippen LogP contribution in [0, 0.1) is 0 Å². The second-order valence-corrected chi connectivity index (χ2v) is 8.08. The largest absolute Gasteiger partial charge is 0.373 e. The molecule has 0 saturated carbocycles. The van der Waals surface area contributed by atoms with Crippen molar-refractivity contribution in [3.05, 3.63) is 39.1 Å². The number of fused-ring (bicyclic) bond motifs is 1. The molecule has 2 atom stereocenters. The molecule has 0 radical (unpaired) electrons. The molecule has 4 heterocycles. The van der Waals surface area contributed by atoms with E-state index in [1.165, 1.54) is 11.3 Å². The SMILES string of the molecule is C[C@@H]1CN(Cc2nc3scc(-c4cccs4)c3c(=O)[nH]2)C[C@@H](C)O1. The lowest BCUT2D eigenvalue weighted by Gasteiger charge is -2.34. The maximum atomic E-state index is 12.6. The zero-order valence-electron chi connectivity index (χ0n) is 13.6. The van der Waals surface area contributed by atoms with Crippen LogP contribution >= 0.6 is 22.7 Å². The standard InChI is InChI=1S/C17H19N3O2S2/c1-10-6-20(7-11(2)22-10)8-14-18-16(21)15-12(9-24-17(15)19-14)13-4-3-5-23-13/h3-5,9-11H,6-8H2,1-2H3,(H,18,19,21)/t10-,11-/m1/s1. The van der Waals surface area contributed by atoms with Crippen LogP contribution in [0.4, 0.5) is 0 Å². The van der Waals surface area contributed by atoms with Gasteiger partial charge in [-0.25, -0.2) is 4.98 Å². The van der Waals surface area contributed by atoms with Gasteiger partial charge in [0.15, 0.2) is 0 Å². The van der Waals surface area contributed by atoms with Crippen molar-refractivity contribution < 1.29 is 4.74 Å². The van der Waals surface area contributed by atoms with Crippen LogP contribution in [0.25, 0.3) is 20.7 Å². The molecule has 1 N–H and O–H groups in total. The summed E-state index contributed by atoms with van der Waals surface area (Å²) >= 11 is 3.18. The van der Waals surface area contributed by atoms with E-state index in [0.717, 1.165) is 34.2 Å². The Kier molecular flexibility index (Phi) is 4.26. The summed E-state index contributed by atoms with van der Waals surface area (Å²) in [4.78, 5) is 24.5. The maximum absolute atomic E-state index is 12.6. The molecule has 0 spiro atoms. The molecule has 5 nitrogen and oxygen atoms in total. The van der Waals surface area contributed by atoms with Gasteiger partial charge >= 0.3 is 0 Å². The lowest BCUT2D eigenvalue weighted by atomic mass is 10.2. The van der Waals surface area contributed by atoms with Crippen LogP contribution in [0.15, 0.2) is 27.7 Å². The Morgan fingerprint density at radius 2 is 2.12 bits per heavy atom. The van der Waals surface area contributed by atoms with Gasteiger partial charge in [-0.1, -0.05) is 6.07 Å². The number of nitrogens with zero attached hydrogens (tertiary/aromatic N) is 2. The number of H-pyrrole nitrogens is 1. The minimum atomic E-state index is -0.0472. The zero-order valence-corrected chi connectivity index (χ0v) is 15.2. The quantitative estimate of drug-likeness (QED) is 0.777. The third kappa shape index (κ3) is 3.04. The Hall–Kier alpha value is -1.54. The summed E-state index contributed by atoms with van der Waals surface area (Å²) < 4.78 is 5.76. The molecule has 0 unspecified atom stereocenters. The van der Waals surface area contributed by atoms with Crippen molar-refractivity contribution in [3.63, 3.8) is 0 Å². The molecule has 1 fully saturated rings. The smallest absolute Gasteiger partial charge is 0.260 e. The van der Waals surface area contributed by atoms with Gasteiger partial charge < -0.3 is 9.72 Å². The first-order valence-corrected chi connectivity index (χ1v) is 9.78. The number of aromatic amines is 1. The van der Waals surface area contributed by atoms with Gasteiger partial charge in [0, 0.05) is 28.9 Å². The molecule has 1 aliphatic heterocycles.